The molecule has 8 heteroatoms. The molecule has 1 aliphatic rings. The molecule has 3 rings (SSSR count). The second kappa shape index (κ2) is 8.21. The Labute approximate surface area is 142 Å². The summed E-state index contributed by atoms with van der Waals surface area (Å²) in [6, 6.07) is 2.12. The molecule has 0 aromatic carbocycles. The quantitative estimate of drug-likeness (QED) is 0.894. The fourth-order valence-electron chi connectivity index (χ4n) is 2.53. The number of rotatable bonds is 5. The molecule has 2 aromatic heterocycles. The standard InChI is InChI=1S/C15H22N6O.ClH/c1-11(16-2)10-13-19-14(22-20-13)12-6-7-17-15(18-12)21-8-4-3-5-9-21;/h6-7,11,16H,3-5,8-10H2,1-2H3;1H. The molecule has 0 amide bonds. The van der Waals surface area contributed by atoms with Crippen LogP contribution in [-0.4, -0.2) is 46.3 Å². The van der Waals surface area contributed by atoms with Gasteiger partial charge >= 0.3 is 0 Å². The third kappa shape index (κ3) is 4.39. The van der Waals surface area contributed by atoms with Crippen molar-refractivity contribution in [1.82, 2.24) is 25.4 Å². The van der Waals surface area contributed by atoms with Gasteiger partial charge in [-0.25, -0.2) is 9.97 Å². The molecule has 7 nitrogen and oxygen atoms in total. The van der Waals surface area contributed by atoms with Crippen molar-refractivity contribution in [3.63, 3.8) is 0 Å². The molecule has 1 N–H and O–H groups in total. The van der Waals surface area contributed by atoms with Gasteiger partial charge in [0, 0.05) is 31.7 Å². The lowest BCUT2D eigenvalue weighted by molar-refractivity contribution is 0.417. The number of aromatic nitrogens is 4. The van der Waals surface area contributed by atoms with Gasteiger partial charge in [-0.1, -0.05) is 5.16 Å². The Bertz CT molecular complexity index is 614. The van der Waals surface area contributed by atoms with Crippen molar-refractivity contribution < 1.29 is 4.52 Å². The van der Waals surface area contributed by atoms with E-state index in [1.165, 1.54) is 19.3 Å². The molecule has 2 aromatic rings. The molecule has 1 saturated heterocycles. The summed E-state index contributed by atoms with van der Waals surface area (Å²) in [4.78, 5) is 15.6. The zero-order valence-electron chi connectivity index (χ0n) is 13.5. The van der Waals surface area contributed by atoms with Crippen LogP contribution in [0.25, 0.3) is 11.6 Å². The monoisotopic (exact) mass is 338 g/mol. The summed E-state index contributed by atoms with van der Waals surface area (Å²) < 4.78 is 5.34. The Morgan fingerprint density at radius 2 is 2.04 bits per heavy atom. The summed E-state index contributed by atoms with van der Waals surface area (Å²) in [7, 11) is 1.92. The van der Waals surface area contributed by atoms with E-state index in [0.717, 1.165) is 25.5 Å². The maximum absolute atomic E-state index is 5.34. The molecular weight excluding hydrogens is 316 g/mol. The third-order valence-corrected chi connectivity index (χ3v) is 3.95. The number of hydrogen-bond acceptors (Lipinski definition) is 7. The SMILES string of the molecule is CNC(C)Cc1noc(-c2ccnc(N3CCCCC3)n2)n1.Cl. The smallest absolute Gasteiger partial charge is 0.276 e. The van der Waals surface area contributed by atoms with E-state index in [0.29, 0.717) is 23.5 Å². The van der Waals surface area contributed by atoms with Gasteiger partial charge in [-0.2, -0.15) is 4.98 Å². The number of piperidine rings is 1. The van der Waals surface area contributed by atoms with Gasteiger partial charge in [0.2, 0.25) is 5.95 Å². The topological polar surface area (TPSA) is 80.0 Å². The lowest BCUT2D eigenvalue weighted by Gasteiger charge is -2.26. The Balaban J connectivity index is 0.00000192. The van der Waals surface area contributed by atoms with Crippen LogP contribution in [0.2, 0.25) is 0 Å². The third-order valence-electron chi connectivity index (χ3n) is 3.95. The van der Waals surface area contributed by atoms with Crippen LogP contribution < -0.4 is 10.2 Å². The average molecular weight is 339 g/mol. The van der Waals surface area contributed by atoms with Crippen LogP contribution in [0, 0.1) is 0 Å². The lowest BCUT2D eigenvalue weighted by Crippen LogP contribution is -2.30. The highest BCUT2D eigenvalue weighted by Gasteiger charge is 2.17. The minimum absolute atomic E-state index is 0. The van der Waals surface area contributed by atoms with Crippen LogP contribution in [-0.2, 0) is 6.42 Å². The summed E-state index contributed by atoms with van der Waals surface area (Å²) in [5, 5.41) is 7.18. The van der Waals surface area contributed by atoms with Crippen molar-refractivity contribution in [2.45, 2.75) is 38.6 Å². The number of hydrogen-bond donors (Lipinski definition) is 1. The maximum Gasteiger partial charge on any atom is 0.276 e. The largest absolute Gasteiger partial charge is 0.341 e. The van der Waals surface area contributed by atoms with Crippen molar-refractivity contribution >= 4 is 18.4 Å². The summed E-state index contributed by atoms with van der Waals surface area (Å²) in [5.41, 5.74) is 0.687. The van der Waals surface area contributed by atoms with Crippen molar-refractivity contribution in [2.24, 2.45) is 0 Å². The van der Waals surface area contributed by atoms with E-state index in [-0.39, 0.29) is 12.4 Å². The van der Waals surface area contributed by atoms with Gasteiger partial charge < -0.3 is 14.7 Å². The zero-order chi connectivity index (χ0) is 15.4. The van der Waals surface area contributed by atoms with Crippen LogP contribution in [0.1, 0.15) is 32.0 Å². The molecule has 1 atom stereocenters. The predicted molar refractivity (Wildman–Crippen MR) is 90.9 cm³/mol. The average Bonchev–Trinajstić information content (AvgIpc) is 3.04. The van der Waals surface area contributed by atoms with E-state index < -0.39 is 0 Å². The first-order valence-electron chi connectivity index (χ1n) is 7.84. The van der Waals surface area contributed by atoms with E-state index in [1.807, 2.05) is 13.1 Å². The van der Waals surface area contributed by atoms with Gasteiger partial charge in [-0.15, -0.1) is 12.4 Å². The first-order valence-corrected chi connectivity index (χ1v) is 7.84. The minimum atomic E-state index is 0. The van der Waals surface area contributed by atoms with Gasteiger partial charge in [-0.3, -0.25) is 0 Å². The number of nitrogens with zero attached hydrogens (tertiary/aromatic N) is 5. The molecule has 23 heavy (non-hydrogen) atoms. The molecule has 1 fully saturated rings. The van der Waals surface area contributed by atoms with Crippen LogP contribution in [0.3, 0.4) is 0 Å². The van der Waals surface area contributed by atoms with Crippen molar-refractivity contribution in [3.05, 3.63) is 18.1 Å². The number of anilines is 1. The highest BCUT2D eigenvalue weighted by Crippen LogP contribution is 2.20. The van der Waals surface area contributed by atoms with Crippen LogP contribution in [0.5, 0.6) is 0 Å². The second-order valence-electron chi connectivity index (χ2n) is 5.70. The maximum atomic E-state index is 5.34. The Kier molecular flexibility index (Phi) is 6.29. The molecule has 0 radical (unpaired) electrons. The lowest BCUT2D eigenvalue weighted by atomic mass is 10.1. The summed E-state index contributed by atoms with van der Waals surface area (Å²) in [6.07, 6.45) is 6.16. The van der Waals surface area contributed by atoms with Crippen molar-refractivity contribution in [3.8, 4) is 11.6 Å². The molecule has 126 valence electrons. The van der Waals surface area contributed by atoms with Gasteiger partial charge in [0.1, 0.15) is 5.69 Å². The van der Waals surface area contributed by atoms with Gasteiger partial charge in [0.15, 0.2) is 5.82 Å². The van der Waals surface area contributed by atoms with E-state index in [1.54, 1.807) is 6.20 Å². The van der Waals surface area contributed by atoms with Gasteiger partial charge in [0.05, 0.1) is 0 Å². The molecule has 0 bridgehead atoms. The zero-order valence-corrected chi connectivity index (χ0v) is 14.3. The van der Waals surface area contributed by atoms with Crippen LogP contribution in [0.4, 0.5) is 5.95 Å². The molecule has 1 aliphatic heterocycles. The molecule has 1 unspecified atom stereocenters. The summed E-state index contributed by atoms with van der Waals surface area (Å²) in [5.74, 6) is 1.90. The molecule has 0 aliphatic carbocycles. The van der Waals surface area contributed by atoms with Crippen molar-refractivity contribution in [2.75, 3.05) is 25.0 Å². The van der Waals surface area contributed by atoms with E-state index in [9.17, 15) is 0 Å². The highest BCUT2D eigenvalue weighted by molar-refractivity contribution is 5.85. The predicted octanol–water partition coefficient (Wildman–Crippen LogP) is 2.09. The number of likely N-dealkylation sites (N-methyl/N-ethyl adjacent to an activating group) is 1. The molecular formula is C15H23ClN6O. The molecule has 0 spiro atoms. The van der Waals surface area contributed by atoms with Crippen LogP contribution in [0.15, 0.2) is 16.8 Å². The van der Waals surface area contributed by atoms with Crippen LogP contribution >= 0.6 is 12.4 Å². The minimum Gasteiger partial charge on any atom is -0.341 e. The second-order valence-corrected chi connectivity index (χ2v) is 5.70. The first-order chi connectivity index (χ1) is 10.8. The van der Waals surface area contributed by atoms with Gasteiger partial charge in [-0.05, 0) is 39.3 Å². The van der Waals surface area contributed by atoms with E-state index in [4.69, 9.17) is 4.52 Å². The van der Waals surface area contributed by atoms with E-state index in [2.05, 4.69) is 37.2 Å². The first kappa shape index (κ1) is 17.6. The molecule has 3 heterocycles. The molecule has 0 saturated carbocycles. The van der Waals surface area contributed by atoms with E-state index >= 15 is 0 Å². The Hall–Kier alpha value is -1.73. The fourth-order valence-corrected chi connectivity index (χ4v) is 2.53. The normalized spacial score (nSPS) is 16.0. The van der Waals surface area contributed by atoms with Crippen molar-refractivity contribution in [1.29, 1.82) is 0 Å². The fraction of sp³-hybridized carbons (Fsp3) is 0.600. The number of nitrogens with one attached hydrogen (secondary N) is 1. The highest BCUT2D eigenvalue weighted by atomic mass is 35.5. The number of halogens is 1. The Morgan fingerprint density at radius 3 is 2.78 bits per heavy atom. The Morgan fingerprint density at radius 1 is 1.26 bits per heavy atom. The summed E-state index contributed by atoms with van der Waals surface area (Å²) >= 11 is 0. The summed E-state index contributed by atoms with van der Waals surface area (Å²) in [6.45, 7) is 4.10. The van der Waals surface area contributed by atoms with Gasteiger partial charge in [0.25, 0.3) is 5.89 Å².